The van der Waals surface area contributed by atoms with Gasteiger partial charge in [-0.3, -0.25) is 4.79 Å². The molecular formula is C25H17Cl2NO3. The van der Waals surface area contributed by atoms with Crippen LogP contribution in [-0.4, -0.2) is 23.3 Å². The zero-order valence-electron chi connectivity index (χ0n) is 16.6. The summed E-state index contributed by atoms with van der Waals surface area (Å²) in [5, 5.41) is 1.56. The molecule has 0 bridgehead atoms. The minimum absolute atomic E-state index is 0.275. The molecule has 0 saturated carbocycles. The fourth-order valence-corrected chi connectivity index (χ4v) is 3.53. The number of aryl methyl sites for hydroxylation is 1. The van der Waals surface area contributed by atoms with Crippen LogP contribution in [0.15, 0.2) is 72.8 Å². The number of carbonyl (C=O) groups is 2. The number of ketones is 1. The maximum Gasteiger partial charge on any atom is 0.339 e. The van der Waals surface area contributed by atoms with Crippen molar-refractivity contribution in [3.63, 3.8) is 0 Å². The first-order chi connectivity index (χ1) is 14.9. The summed E-state index contributed by atoms with van der Waals surface area (Å²) >= 11 is 12.3. The van der Waals surface area contributed by atoms with Gasteiger partial charge in [-0.05, 0) is 31.2 Å². The van der Waals surface area contributed by atoms with Crippen LogP contribution in [0, 0.1) is 6.92 Å². The van der Waals surface area contributed by atoms with Crippen LogP contribution in [0.3, 0.4) is 0 Å². The summed E-state index contributed by atoms with van der Waals surface area (Å²) in [5.41, 5.74) is 3.62. The van der Waals surface area contributed by atoms with Crippen LogP contribution in [0.25, 0.3) is 22.2 Å². The van der Waals surface area contributed by atoms with Crippen molar-refractivity contribution in [2.75, 3.05) is 6.61 Å². The summed E-state index contributed by atoms with van der Waals surface area (Å²) in [6.07, 6.45) is 0. The topological polar surface area (TPSA) is 56.3 Å². The zero-order valence-corrected chi connectivity index (χ0v) is 18.1. The number of nitrogens with zero attached hydrogens (tertiary/aromatic N) is 1. The van der Waals surface area contributed by atoms with Gasteiger partial charge in [0.05, 0.1) is 21.8 Å². The van der Waals surface area contributed by atoms with E-state index in [1.54, 1.807) is 48.5 Å². The highest BCUT2D eigenvalue weighted by molar-refractivity contribution is 6.35. The number of carbonyl (C=O) groups excluding carboxylic acids is 2. The van der Waals surface area contributed by atoms with Crippen LogP contribution < -0.4 is 0 Å². The Morgan fingerprint density at radius 1 is 0.935 bits per heavy atom. The lowest BCUT2D eigenvalue weighted by Gasteiger charge is -2.11. The van der Waals surface area contributed by atoms with Gasteiger partial charge in [-0.2, -0.15) is 0 Å². The SMILES string of the molecule is Cc1ccc(C(=O)COC(=O)c2cc(-c3ccc(Cl)cc3)nc3c(Cl)cccc23)cc1. The zero-order chi connectivity index (χ0) is 22.0. The summed E-state index contributed by atoms with van der Waals surface area (Å²) in [6.45, 7) is 1.58. The molecule has 4 rings (SSSR count). The number of hydrogen-bond acceptors (Lipinski definition) is 4. The molecule has 4 aromatic rings. The predicted molar refractivity (Wildman–Crippen MR) is 123 cm³/mol. The number of para-hydroxylation sites is 1. The van der Waals surface area contributed by atoms with Crippen molar-refractivity contribution in [3.05, 3.63) is 99.5 Å². The molecular weight excluding hydrogens is 433 g/mol. The standard InChI is InChI=1S/C25H17Cl2NO3/c1-15-5-7-17(8-6-15)23(29)14-31-25(30)20-13-22(16-9-11-18(26)12-10-16)28-24-19(20)3-2-4-21(24)27/h2-13H,14H2,1H3. The summed E-state index contributed by atoms with van der Waals surface area (Å²) in [5.74, 6) is -0.895. The van der Waals surface area contributed by atoms with E-state index in [2.05, 4.69) is 4.98 Å². The largest absolute Gasteiger partial charge is 0.454 e. The van der Waals surface area contributed by atoms with Crippen LogP contribution in [0.5, 0.6) is 0 Å². The fraction of sp³-hybridized carbons (Fsp3) is 0.0800. The number of benzene rings is 3. The van der Waals surface area contributed by atoms with Gasteiger partial charge in [-0.1, -0.05) is 77.3 Å². The number of ether oxygens (including phenoxy) is 1. The molecule has 31 heavy (non-hydrogen) atoms. The van der Waals surface area contributed by atoms with E-state index in [4.69, 9.17) is 27.9 Å². The Labute approximate surface area is 189 Å². The maximum atomic E-state index is 12.9. The molecule has 6 heteroatoms. The Morgan fingerprint density at radius 3 is 2.35 bits per heavy atom. The number of hydrogen-bond donors (Lipinski definition) is 0. The highest BCUT2D eigenvalue weighted by atomic mass is 35.5. The monoisotopic (exact) mass is 449 g/mol. The first-order valence-electron chi connectivity index (χ1n) is 9.54. The third-order valence-electron chi connectivity index (χ3n) is 4.86. The van der Waals surface area contributed by atoms with E-state index in [1.165, 1.54) is 0 Å². The lowest BCUT2D eigenvalue weighted by Crippen LogP contribution is -2.15. The van der Waals surface area contributed by atoms with E-state index in [-0.39, 0.29) is 18.0 Å². The van der Waals surface area contributed by atoms with Crippen LogP contribution in [-0.2, 0) is 4.74 Å². The fourth-order valence-electron chi connectivity index (χ4n) is 3.18. The predicted octanol–water partition coefficient (Wildman–Crippen LogP) is 6.56. The molecule has 0 saturated heterocycles. The third-order valence-corrected chi connectivity index (χ3v) is 5.42. The first-order valence-corrected chi connectivity index (χ1v) is 10.3. The molecule has 0 aliphatic carbocycles. The van der Waals surface area contributed by atoms with E-state index in [9.17, 15) is 9.59 Å². The number of Topliss-reactive ketones (excluding diaryl/α,β-unsaturated/α-hetero) is 1. The van der Waals surface area contributed by atoms with Crippen LogP contribution >= 0.6 is 23.2 Å². The lowest BCUT2D eigenvalue weighted by atomic mass is 10.0. The van der Waals surface area contributed by atoms with Crippen molar-refractivity contribution in [1.82, 2.24) is 4.98 Å². The molecule has 0 N–H and O–H groups in total. The number of halogens is 2. The molecule has 0 aliphatic rings. The molecule has 0 aliphatic heterocycles. The van der Waals surface area contributed by atoms with Gasteiger partial charge in [-0.25, -0.2) is 9.78 Å². The molecule has 0 spiro atoms. The molecule has 4 nitrogen and oxygen atoms in total. The van der Waals surface area contributed by atoms with E-state index in [1.807, 2.05) is 31.2 Å². The first kappa shape index (κ1) is 21.0. The molecule has 1 heterocycles. The molecule has 0 fully saturated rings. The number of rotatable bonds is 5. The maximum absolute atomic E-state index is 12.9. The Balaban J connectivity index is 1.67. The van der Waals surface area contributed by atoms with Crippen molar-refractivity contribution in [1.29, 1.82) is 0 Å². The second-order valence-electron chi connectivity index (χ2n) is 7.06. The van der Waals surface area contributed by atoms with Crippen LogP contribution in [0.4, 0.5) is 0 Å². The van der Waals surface area contributed by atoms with Gasteiger partial charge >= 0.3 is 5.97 Å². The Bertz CT molecular complexity index is 1280. The van der Waals surface area contributed by atoms with Crippen molar-refractivity contribution in [2.24, 2.45) is 0 Å². The minimum atomic E-state index is -0.620. The van der Waals surface area contributed by atoms with E-state index >= 15 is 0 Å². The highest BCUT2D eigenvalue weighted by Crippen LogP contribution is 2.30. The van der Waals surface area contributed by atoms with Gasteiger partial charge in [0.2, 0.25) is 0 Å². The average Bonchev–Trinajstić information content (AvgIpc) is 2.78. The van der Waals surface area contributed by atoms with Crippen LogP contribution in [0.2, 0.25) is 10.0 Å². The molecule has 154 valence electrons. The Morgan fingerprint density at radius 2 is 1.65 bits per heavy atom. The summed E-state index contributed by atoms with van der Waals surface area (Å²) in [7, 11) is 0. The van der Waals surface area contributed by atoms with Gasteiger partial charge in [-0.15, -0.1) is 0 Å². The van der Waals surface area contributed by atoms with Crippen molar-refractivity contribution < 1.29 is 14.3 Å². The van der Waals surface area contributed by atoms with Crippen molar-refractivity contribution in [3.8, 4) is 11.3 Å². The highest BCUT2D eigenvalue weighted by Gasteiger charge is 2.18. The molecule has 3 aromatic carbocycles. The molecule has 0 atom stereocenters. The van der Waals surface area contributed by atoms with Crippen molar-refractivity contribution in [2.45, 2.75) is 6.92 Å². The number of esters is 1. The Hall–Kier alpha value is -3.21. The van der Waals surface area contributed by atoms with E-state index in [0.29, 0.717) is 32.2 Å². The summed E-state index contributed by atoms with van der Waals surface area (Å²) in [4.78, 5) is 30.0. The third kappa shape index (κ3) is 4.61. The molecule has 0 amide bonds. The van der Waals surface area contributed by atoms with Gasteiger partial charge < -0.3 is 4.74 Å². The quantitative estimate of drug-likeness (QED) is 0.255. The average molecular weight is 450 g/mol. The number of aromatic nitrogens is 1. The van der Waals surface area contributed by atoms with Crippen molar-refractivity contribution >= 4 is 45.9 Å². The second-order valence-corrected chi connectivity index (χ2v) is 7.91. The van der Waals surface area contributed by atoms with Gasteiger partial charge in [0.1, 0.15) is 0 Å². The van der Waals surface area contributed by atoms with Crippen LogP contribution in [0.1, 0.15) is 26.3 Å². The van der Waals surface area contributed by atoms with Gasteiger partial charge in [0.25, 0.3) is 0 Å². The molecule has 0 radical (unpaired) electrons. The summed E-state index contributed by atoms with van der Waals surface area (Å²) < 4.78 is 5.35. The normalized spacial score (nSPS) is 10.8. The molecule has 0 unspecified atom stereocenters. The van der Waals surface area contributed by atoms with E-state index in [0.717, 1.165) is 11.1 Å². The Kier molecular flexibility index (Phi) is 6.03. The number of pyridine rings is 1. The second kappa shape index (κ2) is 8.88. The minimum Gasteiger partial charge on any atom is -0.454 e. The van der Waals surface area contributed by atoms with E-state index < -0.39 is 5.97 Å². The summed E-state index contributed by atoms with van der Waals surface area (Å²) in [6, 6.07) is 21.0. The lowest BCUT2D eigenvalue weighted by molar-refractivity contribution is 0.0476. The smallest absolute Gasteiger partial charge is 0.339 e. The van der Waals surface area contributed by atoms with Gasteiger partial charge in [0, 0.05) is 21.5 Å². The van der Waals surface area contributed by atoms with Gasteiger partial charge in [0.15, 0.2) is 12.4 Å². The molecule has 1 aromatic heterocycles. The number of fused-ring (bicyclic) bond motifs is 1.